The van der Waals surface area contributed by atoms with Crippen LogP contribution in [0.15, 0.2) is 42.5 Å². The molecule has 1 heterocycles. The van der Waals surface area contributed by atoms with E-state index in [1.54, 1.807) is 7.11 Å². The summed E-state index contributed by atoms with van der Waals surface area (Å²) in [5.74, 6) is 0.672. The Hall–Kier alpha value is -2.24. The number of hydrogen-bond donors (Lipinski definition) is 1. The molecule has 138 valence electrons. The van der Waals surface area contributed by atoms with Crippen molar-refractivity contribution in [2.45, 2.75) is 13.5 Å². The highest BCUT2D eigenvalue weighted by Crippen LogP contribution is 2.25. The number of piperazine rings is 1. The van der Waals surface area contributed by atoms with Gasteiger partial charge in [-0.25, -0.2) is 4.79 Å². The van der Waals surface area contributed by atoms with E-state index in [0.29, 0.717) is 24.5 Å². The number of halogens is 1. The molecule has 3 rings (SSSR count). The van der Waals surface area contributed by atoms with E-state index < -0.39 is 0 Å². The highest BCUT2D eigenvalue weighted by Gasteiger charge is 2.22. The van der Waals surface area contributed by atoms with Crippen LogP contribution >= 0.6 is 11.6 Å². The van der Waals surface area contributed by atoms with E-state index in [2.05, 4.69) is 10.2 Å². The number of methoxy groups -OCH3 is 1. The van der Waals surface area contributed by atoms with Gasteiger partial charge in [0.25, 0.3) is 0 Å². The fourth-order valence-electron chi connectivity index (χ4n) is 3.07. The minimum atomic E-state index is -0.0833. The van der Waals surface area contributed by atoms with Crippen molar-refractivity contribution in [2.24, 2.45) is 0 Å². The van der Waals surface area contributed by atoms with Crippen molar-refractivity contribution < 1.29 is 9.53 Å². The van der Waals surface area contributed by atoms with E-state index in [4.69, 9.17) is 16.3 Å². The van der Waals surface area contributed by atoms with Crippen molar-refractivity contribution in [2.75, 3.05) is 38.6 Å². The van der Waals surface area contributed by atoms with Crippen LogP contribution in [0.4, 0.5) is 10.5 Å². The number of aryl methyl sites for hydroxylation is 1. The number of carbonyl (C=O) groups excluding carboxylic acids is 1. The molecule has 1 aliphatic rings. The molecular formula is C20H24ClN3O2. The molecule has 26 heavy (non-hydrogen) atoms. The van der Waals surface area contributed by atoms with E-state index in [0.717, 1.165) is 30.2 Å². The van der Waals surface area contributed by atoms with Gasteiger partial charge in [0.15, 0.2) is 0 Å². The summed E-state index contributed by atoms with van der Waals surface area (Å²) in [5, 5.41) is 3.72. The molecule has 0 unspecified atom stereocenters. The third kappa shape index (κ3) is 4.68. The predicted octanol–water partition coefficient (Wildman–Crippen LogP) is 4.01. The summed E-state index contributed by atoms with van der Waals surface area (Å²) in [6.45, 7) is 5.96. The van der Waals surface area contributed by atoms with Crippen LogP contribution in [0.5, 0.6) is 5.75 Å². The number of benzene rings is 2. The zero-order chi connectivity index (χ0) is 18.5. The molecule has 2 aromatic carbocycles. The van der Waals surface area contributed by atoms with Crippen LogP contribution < -0.4 is 10.1 Å². The SMILES string of the molecule is COc1ccc(C)cc1NC(=O)N1CCN(Cc2ccc(Cl)cc2)CC1. The van der Waals surface area contributed by atoms with Crippen molar-refractivity contribution in [3.05, 3.63) is 58.6 Å². The maximum absolute atomic E-state index is 12.6. The maximum Gasteiger partial charge on any atom is 0.322 e. The monoisotopic (exact) mass is 373 g/mol. The summed E-state index contributed by atoms with van der Waals surface area (Å²) in [4.78, 5) is 16.8. The topological polar surface area (TPSA) is 44.8 Å². The Balaban J connectivity index is 1.53. The molecule has 0 saturated carbocycles. The quantitative estimate of drug-likeness (QED) is 0.880. The molecule has 1 N–H and O–H groups in total. The number of hydrogen-bond acceptors (Lipinski definition) is 3. The van der Waals surface area contributed by atoms with Gasteiger partial charge in [0.1, 0.15) is 5.75 Å². The van der Waals surface area contributed by atoms with Crippen LogP contribution in [-0.4, -0.2) is 49.1 Å². The first-order chi connectivity index (χ1) is 12.5. The average molecular weight is 374 g/mol. The van der Waals surface area contributed by atoms with Gasteiger partial charge in [0.2, 0.25) is 0 Å². The van der Waals surface area contributed by atoms with Gasteiger partial charge in [-0.2, -0.15) is 0 Å². The first kappa shape index (κ1) is 18.5. The molecule has 0 spiro atoms. The molecule has 5 nitrogen and oxygen atoms in total. The minimum absolute atomic E-state index is 0.0833. The van der Waals surface area contributed by atoms with Gasteiger partial charge in [-0.1, -0.05) is 29.8 Å². The Kier molecular flexibility index (Phi) is 6.01. The van der Waals surface area contributed by atoms with Crippen molar-refractivity contribution in [1.82, 2.24) is 9.80 Å². The third-order valence-corrected chi connectivity index (χ3v) is 4.83. The molecule has 0 aromatic heterocycles. The van der Waals surface area contributed by atoms with Gasteiger partial charge in [0, 0.05) is 37.7 Å². The molecule has 0 atom stereocenters. The Morgan fingerprint density at radius 1 is 1.12 bits per heavy atom. The Morgan fingerprint density at radius 2 is 1.81 bits per heavy atom. The number of rotatable bonds is 4. The van der Waals surface area contributed by atoms with E-state index in [1.807, 2.05) is 54.3 Å². The van der Waals surface area contributed by atoms with Crippen LogP contribution in [0, 0.1) is 6.92 Å². The second-order valence-corrected chi connectivity index (χ2v) is 6.96. The van der Waals surface area contributed by atoms with Crippen LogP contribution in [0.2, 0.25) is 5.02 Å². The fourth-order valence-corrected chi connectivity index (χ4v) is 3.20. The maximum atomic E-state index is 12.6. The molecular weight excluding hydrogens is 350 g/mol. The van der Waals surface area contributed by atoms with Gasteiger partial charge in [0.05, 0.1) is 12.8 Å². The summed E-state index contributed by atoms with van der Waals surface area (Å²) in [7, 11) is 1.61. The number of amides is 2. The predicted molar refractivity (Wildman–Crippen MR) is 105 cm³/mol. The van der Waals surface area contributed by atoms with Crippen LogP contribution in [-0.2, 0) is 6.54 Å². The number of urea groups is 1. The number of nitrogens with zero attached hydrogens (tertiary/aromatic N) is 2. The first-order valence-corrected chi connectivity index (χ1v) is 9.10. The zero-order valence-corrected chi connectivity index (χ0v) is 15.9. The average Bonchev–Trinajstić information content (AvgIpc) is 2.64. The third-order valence-electron chi connectivity index (χ3n) is 4.58. The minimum Gasteiger partial charge on any atom is -0.495 e. The van der Waals surface area contributed by atoms with Crippen molar-refractivity contribution in [3.8, 4) is 5.75 Å². The van der Waals surface area contributed by atoms with Gasteiger partial charge < -0.3 is 15.0 Å². The van der Waals surface area contributed by atoms with E-state index in [-0.39, 0.29) is 6.03 Å². The number of nitrogens with one attached hydrogen (secondary N) is 1. The Labute approximate surface area is 159 Å². The van der Waals surface area contributed by atoms with Gasteiger partial charge in [-0.15, -0.1) is 0 Å². The highest BCUT2D eigenvalue weighted by atomic mass is 35.5. The lowest BCUT2D eigenvalue weighted by Gasteiger charge is -2.34. The lowest BCUT2D eigenvalue weighted by molar-refractivity contribution is 0.143. The largest absolute Gasteiger partial charge is 0.495 e. The first-order valence-electron chi connectivity index (χ1n) is 8.72. The molecule has 0 aliphatic carbocycles. The molecule has 0 bridgehead atoms. The summed E-state index contributed by atoms with van der Waals surface area (Å²) in [6, 6.07) is 13.6. The van der Waals surface area contributed by atoms with Crippen molar-refractivity contribution in [3.63, 3.8) is 0 Å². The second-order valence-electron chi connectivity index (χ2n) is 6.52. The number of ether oxygens (including phenoxy) is 1. The molecule has 6 heteroatoms. The van der Waals surface area contributed by atoms with Crippen LogP contribution in [0.1, 0.15) is 11.1 Å². The van der Waals surface area contributed by atoms with Gasteiger partial charge in [-0.3, -0.25) is 4.90 Å². The van der Waals surface area contributed by atoms with Crippen LogP contribution in [0.25, 0.3) is 0 Å². The molecule has 2 amide bonds. The Bertz CT molecular complexity index is 756. The number of anilines is 1. The van der Waals surface area contributed by atoms with Crippen LogP contribution in [0.3, 0.4) is 0 Å². The zero-order valence-electron chi connectivity index (χ0n) is 15.2. The van der Waals surface area contributed by atoms with Gasteiger partial charge >= 0.3 is 6.03 Å². The number of carbonyl (C=O) groups is 1. The van der Waals surface area contributed by atoms with E-state index >= 15 is 0 Å². The van der Waals surface area contributed by atoms with E-state index in [9.17, 15) is 4.79 Å². The summed E-state index contributed by atoms with van der Waals surface area (Å²) in [5.41, 5.74) is 3.02. The molecule has 1 saturated heterocycles. The molecule has 1 aliphatic heterocycles. The highest BCUT2D eigenvalue weighted by molar-refractivity contribution is 6.30. The van der Waals surface area contributed by atoms with Crippen molar-refractivity contribution >= 4 is 23.3 Å². The second kappa shape index (κ2) is 8.43. The Morgan fingerprint density at radius 3 is 2.46 bits per heavy atom. The normalized spacial score (nSPS) is 15.0. The standard InChI is InChI=1S/C20H24ClN3O2/c1-15-3-8-19(26-2)18(13-15)22-20(25)24-11-9-23(10-12-24)14-16-4-6-17(21)7-5-16/h3-8,13H,9-12,14H2,1-2H3,(H,22,25). The lowest BCUT2D eigenvalue weighted by atomic mass is 10.2. The molecule has 0 radical (unpaired) electrons. The summed E-state index contributed by atoms with van der Waals surface area (Å²) >= 11 is 5.93. The fraction of sp³-hybridized carbons (Fsp3) is 0.350. The summed E-state index contributed by atoms with van der Waals surface area (Å²) in [6.07, 6.45) is 0. The van der Waals surface area contributed by atoms with Gasteiger partial charge in [-0.05, 0) is 42.3 Å². The lowest BCUT2D eigenvalue weighted by Crippen LogP contribution is -2.49. The van der Waals surface area contributed by atoms with Crippen molar-refractivity contribution in [1.29, 1.82) is 0 Å². The van der Waals surface area contributed by atoms with E-state index in [1.165, 1.54) is 5.56 Å². The smallest absolute Gasteiger partial charge is 0.322 e. The molecule has 2 aromatic rings. The molecule has 1 fully saturated rings. The summed E-state index contributed by atoms with van der Waals surface area (Å²) < 4.78 is 5.33.